The van der Waals surface area contributed by atoms with Crippen molar-refractivity contribution in [3.63, 3.8) is 0 Å². The van der Waals surface area contributed by atoms with Gasteiger partial charge >= 0.3 is 5.97 Å². The van der Waals surface area contributed by atoms with Gasteiger partial charge in [-0.2, -0.15) is 0 Å². The van der Waals surface area contributed by atoms with Crippen LogP contribution in [-0.4, -0.2) is 32.3 Å². The van der Waals surface area contributed by atoms with Gasteiger partial charge in [0, 0.05) is 18.1 Å². The monoisotopic (exact) mass is 367 g/mol. The summed E-state index contributed by atoms with van der Waals surface area (Å²) >= 11 is 0. The average molecular weight is 367 g/mol. The lowest BCUT2D eigenvalue weighted by molar-refractivity contribution is -0.145. The Morgan fingerprint density at radius 1 is 1.11 bits per heavy atom. The number of fused-ring (bicyclic) bond motifs is 1. The summed E-state index contributed by atoms with van der Waals surface area (Å²) in [5.41, 5.74) is 2.68. The Balaban J connectivity index is 2.10. The minimum absolute atomic E-state index is 0.241. The standard InChI is InChI=1S/C21H21NO5/c1-13(27-14(2)23)22-19-8-6-5-7-17(19)18(21(22)24)12-15-11-16(25-3)9-10-20(15)26-4/h5-13H,1-4H3/b18-12+. The number of para-hydroxylation sites is 1. The summed E-state index contributed by atoms with van der Waals surface area (Å²) in [6.45, 7) is 2.99. The zero-order valence-electron chi connectivity index (χ0n) is 15.7. The van der Waals surface area contributed by atoms with Gasteiger partial charge in [-0.3, -0.25) is 14.5 Å². The van der Waals surface area contributed by atoms with Crippen molar-refractivity contribution in [3.8, 4) is 11.5 Å². The fourth-order valence-corrected chi connectivity index (χ4v) is 3.17. The second-order valence-electron chi connectivity index (χ2n) is 6.07. The first-order chi connectivity index (χ1) is 13.0. The highest BCUT2D eigenvalue weighted by Crippen LogP contribution is 2.40. The first-order valence-electron chi connectivity index (χ1n) is 8.50. The van der Waals surface area contributed by atoms with Crippen LogP contribution in [0.4, 0.5) is 5.69 Å². The van der Waals surface area contributed by atoms with Crippen molar-refractivity contribution < 1.29 is 23.8 Å². The van der Waals surface area contributed by atoms with Gasteiger partial charge < -0.3 is 14.2 Å². The van der Waals surface area contributed by atoms with Crippen LogP contribution in [0.3, 0.4) is 0 Å². The van der Waals surface area contributed by atoms with Crippen LogP contribution in [0.2, 0.25) is 0 Å². The highest BCUT2D eigenvalue weighted by atomic mass is 16.6. The smallest absolute Gasteiger partial charge is 0.304 e. The molecule has 0 aliphatic carbocycles. The maximum absolute atomic E-state index is 13.1. The van der Waals surface area contributed by atoms with E-state index in [1.165, 1.54) is 11.8 Å². The number of amides is 1. The van der Waals surface area contributed by atoms with E-state index >= 15 is 0 Å². The first-order valence-corrected chi connectivity index (χ1v) is 8.50. The molecule has 3 rings (SSSR count). The van der Waals surface area contributed by atoms with Crippen LogP contribution in [0.5, 0.6) is 11.5 Å². The van der Waals surface area contributed by atoms with Crippen molar-refractivity contribution in [2.45, 2.75) is 20.1 Å². The van der Waals surface area contributed by atoms with E-state index < -0.39 is 12.2 Å². The second-order valence-corrected chi connectivity index (χ2v) is 6.07. The number of carbonyl (C=O) groups excluding carboxylic acids is 2. The van der Waals surface area contributed by atoms with Crippen molar-refractivity contribution in [1.29, 1.82) is 0 Å². The second kappa shape index (κ2) is 7.53. The average Bonchev–Trinajstić information content (AvgIpc) is 2.93. The minimum Gasteiger partial charge on any atom is -0.497 e. The normalized spacial score (nSPS) is 15.5. The molecule has 1 aliphatic heterocycles. The summed E-state index contributed by atoms with van der Waals surface area (Å²) < 4.78 is 15.9. The summed E-state index contributed by atoms with van der Waals surface area (Å²) in [6, 6.07) is 12.8. The molecule has 1 unspecified atom stereocenters. The minimum atomic E-state index is -0.714. The number of rotatable bonds is 5. The molecule has 0 bridgehead atoms. The third kappa shape index (κ3) is 3.51. The molecule has 0 spiro atoms. The molecule has 0 saturated carbocycles. The van der Waals surface area contributed by atoms with Crippen LogP contribution < -0.4 is 14.4 Å². The molecule has 6 nitrogen and oxygen atoms in total. The molecule has 1 heterocycles. The predicted molar refractivity (Wildman–Crippen MR) is 103 cm³/mol. The van der Waals surface area contributed by atoms with E-state index in [1.54, 1.807) is 45.4 Å². The fraction of sp³-hybridized carbons (Fsp3) is 0.238. The fourth-order valence-electron chi connectivity index (χ4n) is 3.17. The van der Waals surface area contributed by atoms with E-state index in [4.69, 9.17) is 14.2 Å². The van der Waals surface area contributed by atoms with Crippen LogP contribution >= 0.6 is 0 Å². The summed E-state index contributed by atoms with van der Waals surface area (Å²) in [5.74, 6) is 0.598. The summed E-state index contributed by atoms with van der Waals surface area (Å²) in [4.78, 5) is 26.0. The van der Waals surface area contributed by atoms with E-state index in [-0.39, 0.29) is 5.91 Å². The molecule has 0 radical (unpaired) electrons. The maximum atomic E-state index is 13.1. The van der Waals surface area contributed by atoms with E-state index in [2.05, 4.69) is 0 Å². The molecule has 140 valence electrons. The van der Waals surface area contributed by atoms with Gasteiger partial charge in [0.05, 0.1) is 25.5 Å². The highest BCUT2D eigenvalue weighted by molar-refractivity contribution is 6.36. The molecule has 6 heteroatoms. The molecule has 2 aromatic rings. The third-order valence-corrected chi connectivity index (χ3v) is 4.34. The summed E-state index contributed by atoms with van der Waals surface area (Å²) in [7, 11) is 3.15. The maximum Gasteiger partial charge on any atom is 0.304 e. The molecular weight excluding hydrogens is 346 g/mol. The van der Waals surface area contributed by atoms with Crippen LogP contribution in [0.1, 0.15) is 25.0 Å². The number of ether oxygens (including phenoxy) is 3. The number of hydrogen-bond acceptors (Lipinski definition) is 5. The molecule has 0 saturated heterocycles. The van der Waals surface area contributed by atoms with Crippen LogP contribution in [0.15, 0.2) is 42.5 Å². The van der Waals surface area contributed by atoms with Gasteiger partial charge in [-0.25, -0.2) is 0 Å². The van der Waals surface area contributed by atoms with E-state index in [0.717, 1.165) is 11.1 Å². The SMILES string of the molecule is COc1ccc(OC)c(/C=C2/C(=O)N(C(C)OC(C)=O)c3ccccc32)c1. The van der Waals surface area contributed by atoms with Crippen molar-refractivity contribution in [2.24, 2.45) is 0 Å². The van der Waals surface area contributed by atoms with Crippen LogP contribution in [0, 0.1) is 0 Å². The molecule has 0 fully saturated rings. The molecule has 0 N–H and O–H groups in total. The number of methoxy groups -OCH3 is 2. The molecule has 27 heavy (non-hydrogen) atoms. The van der Waals surface area contributed by atoms with Crippen LogP contribution in [-0.2, 0) is 14.3 Å². The Labute approximate surface area is 158 Å². The lowest BCUT2D eigenvalue weighted by Crippen LogP contribution is -2.38. The number of hydrogen-bond donors (Lipinski definition) is 0. The molecule has 1 atom stereocenters. The van der Waals surface area contributed by atoms with Crippen LogP contribution in [0.25, 0.3) is 11.6 Å². The Bertz CT molecular complexity index is 919. The molecular formula is C21H21NO5. The Morgan fingerprint density at radius 3 is 2.52 bits per heavy atom. The predicted octanol–water partition coefficient (Wildman–Crippen LogP) is 3.50. The summed E-state index contributed by atoms with van der Waals surface area (Å²) in [5, 5.41) is 0. The van der Waals surface area contributed by atoms with Gasteiger partial charge in [0.2, 0.25) is 0 Å². The third-order valence-electron chi connectivity index (χ3n) is 4.34. The number of anilines is 1. The van der Waals surface area contributed by atoms with E-state index in [1.807, 2.05) is 24.3 Å². The Morgan fingerprint density at radius 2 is 1.85 bits per heavy atom. The van der Waals surface area contributed by atoms with Gasteiger partial charge in [-0.05, 0) is 37.3 Å². The Hall–Kier alpha value is -3.28. The van der Waals surface area contributed by atoms with Crippen molar-refractivity contribution >= 4 is 29.2 Å². The lowest BCUT2D eigenvalue weighted by atomic mass is 10.0. The Kier molecular flexibility index (Phi) is 5.16. The molecule has 1 aliphatic rings. The highest BCUT2D eigenvalue weighted by Gasteiger charge is 2.36. The van der Waals surface area contributed by atoms with E-state index in [0.29, 0.717) is 22.8 Å². The number of nitrogens with zero attached hydrogens (tertiary/aromatic N) is 1. The molecule has 2 aromatic carbocycles. The zero-order chi connectivity index (χ0) is 19.6. The van der Waals surface area contributed by atoms with Gasteiger partial charge in [-0.1, -0.05) is 18.2 Å². The lowest BCUT2D eigenvalue weighted by Gasteiger charge is -2.24. The summed E-state index contributed by atoms with van der Waals surface area (Å²) in [6.07, 6.45) is 1.05. The van der Waals surface area contributed by atoms with Crippen molar-refractivity contribution in [1.82, 2.24) is 0 Å². The van der Waals surface area contributed by atoms with Gasteiger partial charge in [-0.15, -0.1) is 0 Å². The number of carbonyl (C=O) groups is 2. The van der Waals surface area contributed by atoms with Gasteiger partial charge in [0.15, 0.2) is 6.23 Å². The first kappa shape index (κ1) is 18.5. The van der Waals surface area contributed by atoms with Crippen molar-refractivity contribution in [3.05, 3.63) is 53.6 Å². The quantitative estimate of drug-likeness (QED) is 0.598. The zero-order valence-corrected chi connectivity index (χ0v) is 15.7. The number of benzene rings is 2. The largest absolute Gasteiger partial charge is 0.497 e. The van der Waals surface area contributed by atoms with E-state index in [9.17, 15) is 9.59 Å². The van der Waals surface area contributed by atoms with Gasteiger partial charge in [0.25, 0.3) is 5.91 Å². The van der Waals surface area contributed by atoms with Gasteiger partial charge in [0.1, 0.15) is 11.5 Å². The molecule has 1 amide bonds. The van der Waals surface area contributed by atoms with Crippen molar-refractivity contribution in [2.75, 3.05) is 19.1 Å². The number of esters is 1. The topological polar surface area (TPSA) is 65.1 Å². The molecule has 0 aromatic heterocycles.